The number of benzene rings is 4. The highest BCUT2D eigenvalue weighted by molar-refractivity contribution is 7.80. The Kier molecular flexibility index (Phi) is 6.79. The van der Waals surface area contributed by atoms with E-state index in [4.69, 9.17) is 17.0 Å². The molecule has 0 bridgehead atoms. The first-order chi connectivity index (χ1) is 17.1. The van der Waals surface area contributed by atoms with Gasteiger partial charge in [-0.2, -0.15) is 0 Å². The van der Waals surface area contributed by atoms with Gasteiger partial charge in [0.05, 0.1) is 5.69 Å². The van der Waals surface area contributed by atoms with Crippen molar-refractivity contribution in [2.45, 2.75) is 6.61 Å². The molecular formula is C28H21N3O2S2. The quantitative estimate of drug-likeness (QED) is 0.258. The van der Waals surface area contributed by atoms with Crippen molar-refractivity contribution in [3.63, 3.8) is 0 Å². The number of carbonyl (C=O) groups excluding carboxylic acids is 1. The van der Waals surface area contributed by atoms with Crippen molar-refractivity contribution in [1.29, 1.82) is 0 Å². The van der Waals surface area contributed by atoms with Crippen molar-refractivity contribution in [2.24, 2.45) is 0 Å². The second-order valence-corrected chi connectivity index (χ2v) is 9.08. The monoisotopic (exact) mass is 495 g/mol. The molecule has 0 saturated carbocycles. The van der Waals surface area contributed by atoms with Crippen LogP contribution >= 0.6 is 23.6 Å². The molecule has 1 aromatic heterocycles. The third-order valence-corrected chi connectivity index (χ3v) is 6.30. The molecule has 0 radical (unpaired) electrons. The molecule has 5 aromatic rings. The second kappa shape index (κ2) is 10.5. The lowest BCUT2D eigenvalue weighted by molar-refractivity contribution is 0.0977. The second-order valence-electron chi connectivity index (χ2n) is 7.81. The highest BCUT2D eigenvalue weighted by Crippen LogP contribution is 2.27. The largest absolute Gasteiger partial charge is 0.489 e. The SMILES string of the molecule is O=C(NC(=S)Nc1nc(-c2ccc3ccccc3c2)cs1)c1cccc(OCc2ccccc2)c1. The number of hydrogen-bond acceptors (Lipinski definition) is 5. The van der Waals surface area contributed by atoms with Crippen LogP contribution in [0.1, 0.15) is 15.9 Å². The molecule has 0 spiro atoms. The average Bonchev–Trinajstić information content (AvgIpc) is 3.36. The van der Waals surface area contributed by atoms with Crippen molar-refractivity contribution in [2.75, 3.05) is 5.32 Å². The Hall–Kier alpha value is -4.07. The number of rotatable bonds is 6. The molecule has 1 amide bonds. The van der Waals surface area contributed by atoms with Gasteiger partial charge in [0.1, 0.15) is 12.4 Å². The minimum atomic E-state index is -0.320. The summed E-state index contributed by atoms with van der Waals surface area (Å²) >= 11 is 6.77. The van der Waals surface area contributed by atoms with Gasteiger partial charge in [-0.3, -0.25) is 10.1 Å². The smallest absolute Gasteiger partial charge is 0.257 e. The van der Waals surface area contributed by atoms with E-state index >= 15 is 0 Å². The maximum Gasteiger partial charge on any atom is 0.257 e. The van der Waals surface area contributed by atoms with Crippen molar-refractivity contribution in [3.05, 3.63) is 114 Å². The summed E-state index contributed by atoms with van der Waals surface area (Å²) in [5.74, 6) is 0.291. The fraction of sp³-hybridized carbons (Fsp3) is 0.0357. The van der Waals surface area contributed by atoms with Gasteiger partial charge >= 0.3 is 0 Å². The Morgan fingerprint density at radius 1 is 0.886 bits per heavy atom. The van der Waals surface area contributed by atoms with E-state index in [1.54, 1.807) is 18.2 Å². The molecule has 0 fully saturated rings. The Bertz CT molecular complexity index is 1500. The topological polar surface area (TPSA) is 63.2 Å². The van der Waals surface area contributed by atoms with Gasteiger partial charge in [-0.15, -0.1) is 11.3 Å². The lowest BCUT2D eigenvalue weighted by Crippen LogP contribution is -2.34. The zero-order chi connectivity index (χ0) is 24.0. The fourth-order valence-electron chi connectivity index (χ4n) is 3.58. The lowest BCUT2D eigenvalue weighted by Gasteiger charge is -2.10. The van der Waals surface area contributed by atoms with Crippen molar-refractivity contribution < 1.29 is 9.53 Å². The molecule has 5 rings (SSSR count). The number of hydrogen-bond donors (Lipinski definition) is 2. The van der Waals surface area contributed by atoms with Crippen LogP contribution in [0.15, 0.2) is 102 Å². The van der Waals surface area contributed by atoms with Gasteiger partial charge in [-0.1, -0.05) is 72.8 Å². The van der Waals surface area contributed by atoms with E-state index in [0.717, 1.165) is 22.2 Å². The summed E-state index contributed by atoms with van der Waals surface area (Å²) in [7, 11) is 0. The van der Waals surface area contributed by atoms with E-state index in [9.17, 15) is 4.79 Å². The zero-order valence-electron chi connectivity index (χ0n) is 18.6. The Balaban J connectivity index is 1.19. The summed E-state index contributed by atoms with van der Waals surface area (Å²) < 4.78 is 5.82. The van der Waals surface area contributed by atoms with Crippen LogP contribution in [0.4, 0.5) is 5.13 Å². The number of aromatic nitrogens is 1. The fourth-order valence-corrected chi connectivity index (χ4v) is 4.56. The Morgan fingerprint density at radius 3 is 2.54 bits per heavy atom. The minimum Gasteiger partial charge on any atom is -0.489 e. The molecule has 0 unspecified atom stereocenters. The van der Waals surface area contributed by atoms with Crippen LogP contribution in [0, 0.1) is 0 Å². The van der Waals surface area contributed by atoms with Crippen LogP contribution in [-0.4, -0.2) is 16.0 Å². The number of thiocarbonyl (C=S) groups is 1. The average molecular weight is 496 g/mol. The maximum absolute atomic E-state index is 12.7. The molecule has 7 heteroatoms. The molecule has 1 heterocycles. The van der Waals surface area contributed by atoms with Gasteiger partial charge in [-0.25, -0.2) is 4.98 Å². The molecule has 0 aliphatic heterocycles. The van der Waals surface area contributed by atoms with Gasteiger partial charge in [0, 0.05) is 16.5 Å². The third kappa shape index (κ3) is 5.71. The van der Waals surface area contributed by atoms with Crippen LogP contribution in [0.25, 0.3) is 22.0 Å². The number of fused-ring (bicyclic) bond motifs is 1. The van der Waals surface area contributed by atoms with Crippen LogP contribution in [0.2, 0.25) is 0 Å². The number of amides is 1. The normalized spacial score (nSPS) is 10.6. The van der Waals surface area contributed by atoms with E-state index in [-0.39, 0.29) is 11.0 Å². The van der Waals surface area contributed by atoms with Gasteiger partial charge in [0.25, 0.3) is 5.91 Å². The van der Waals surface area contributed by atoms with Crippen molar-refractivity contribution >= 4 is 50.5 Å². The van der Waals surface area contributed by atoms with Crippen molar-refractivity contribution in [3.8, 4) is 17.0 Å². The summed E-state index contributed by atoms with van der Waals surface area (Å²) in [4.78, 5) is 17.3. The lowest BCUT2D eigenvalue weighted by atomic mass is 10.1. The van der Waals surface area contributed by atoms with Crippen molar-refractivity contribution in [1.82, 2.24) is 10.3 Å². The van der Waals surface area contributed by atoms with Gasteiger partial charge in [-0.05, 0) is 52.8 Å². The predicted molar refractivity (Wildman–Crippen MR) is 146 cm³/mol. The summed E-state index contributed by atoms with van der Waals surface area (Å²) in [6.07, 6.45) is 0. The van der Waals surface area contributed by atoms with Crippen LogP contribution in [-0.2, 0) is 6.61 Å². The maximum atomic E-state index is 12.7. The number of carbonyl (C=O) groups is 1. The molecule has 172 valence electrons. The van der Waals surface area contributed by atoms with E-state index < -0.39 is 0 Å². The standard InChI is InChI=1S/C28H21N3O2S2/c32-26(23-11-6-12-24(16-23)33-17-19-7-2-1-3-8-19)30-27(34)31-28-29-25(18-35-28)22-14-13-20-9-4-5-10-21(20)15-22/h1-16,18H,17H2,(H2,29,30,31,32,34). The molecular weight excluding hydrogens is 474 g/mol. The summed E-state index contributed by atoms with van der Waals surface area (Å²) in [5.41, 5.74) is 3.38. The first-order valence-electron chi connectivity index (χ1n) is 11.0. The van der Waals surface area contributed by atoms with E-state index in [1.165, 1.54) is 16.7 Å². The van der Waals surface area contributed by atoms with Crippen LogP contribution < -0.4 is 15.4 Å². The van der Waals surface area contributed by atoms with Gasteiger partial charge < -0.3 is 10.1 Å². The highest BCUT2D eigenvalue weighted by atomic mass is 32.1. The first-order valence-corrected chi connectivity index (χ1v) is 12.3. The predicted octanol–water partition coefficient (Wildman–Crippen LogP) is 6.67. The number of nitrogens with one attached hydrogen (secondary N) is 2. The number of thiazole rings is 1. The highest BCUT2D eigenvalue weighted by Gasteiger charge is 2.11. The Labute approximate surface area is 212 Å². The molecule has 0 aliphatic carbocycles. The molecule has 0 atom stereocenters. The molecule has 0 saturated heterocycles. The number of nitrogens with zero attached hydrogens (tertiary/aromatic N) is 1. The summed E-state index contributed by atoms with van der Waals surface area (Å²) in [6.45, 7) is 0.426. The summed E-state index contributed by atoms with van der Waals surface area (Å²) in [5, 5.41) is 10.8. The minimum absolute atomic E-state index is 0.185. The molecule has 2 N–H and O–H groups in total. The first kappa shape index (κ1) is 22.7. The van der Waals surface area contributed by atoms with E-state index in [2.05, 4.69) is 39.9 Å². The van der Waals surface area contributed by atoms with Crippen LogP contribution in [0.3, 0.4) is 0 Å². The number of ether oxygens (including phenoxy) is 1. The van der Waals surface area contributed by atoms with E-state index in [1.807, 2.05) is 60.0 Å². The summed E-state index contributed by atoms with van der Waals surface area (Å²) in [6, 6.07) is 31.3. The van der Waals surface area contributed by atoms with Gasteiger partial charge in [0.2, 0.25) is 0 Å². The molecule has 5 nitrogen and oxygen atoms in total. The third-order valence-electron chi connectivity index (χ3n) is 5.34. The zero-order valence-corrected chi connectivity index (χ0v) is 20.2. The Morgan fingerprint density at radius 2 is 1.69 bits per heavy atom. The molecule has 35 heavy (non-hydrogen) atoms. The van der Waals surface area contributed by atoms with Gasteiger partial charge in [0.15, 0.2) is 10.2 Å². The van der Waals surface area contributed by atoms with E-state index in [0.29, 0.717) is 23.1 Å². The number of anilines is 1. The molecule has 0 aliphatic rings. The molecule has 4 aromatic carbocycles. The van der Waals surface area contributed by atoms with Crippen LogP contribution in [0.5, 0.6) is 5.75 Å².